The largest absolute Gasteiger partial charge is 0.479 e. The molecule has 6 atom stereocenters. The van der Waals surface area contributed by atoms with Gasteiger partial charge in [0.05, 0.1) is 0 Å². The summed E-state index contributed by atoms with van der Waals surface area (Å²) >= 11 is 0. The van der Waals surface area contributed by atoms with Crippen LogP contribution in [0.2, 0.25) is 0 Å². The van der Waals surface area contributed by atoms with E-state index >= 15 is 0 Å². The Labute approximate surface area is 178 Å². The maximum Gasteiger partial charge on any atom is 0.335 e. The van der Waals surface area contributed by atoms with Crippen LogP contribution < -0.4 is 15.8 Å². The van der Waals surface area contributed by atoms with E-state index in [1.807, 2.05) is 0 Å². The minimum Gasteiger partial charge on any atom is -0.479 e. The number of hydrogen-bond acceptors (Lipinski definition) is 8. The van der Waals surface area contributed by atoms with E-state index in [-0.39, 0.29) is 11.3 Å². The number of amides is 1. The summed E-state index contributed by atoms with van der Waals surface area (Å²) in [5.41, 5.74) is 5.48. The standard InChI is InChI=1S/C20H29FN2O8/c21-13(18(27)23-10-4-2-1-3-9-22)11-5-7-12(8-6-11)30-20-16(26)14(24)15(25)17(31-20)19(28)29/h5-8,13-17,20,24-26H,1-4,9-10,22H2,(H,23,27)(H,28,29)/t13?,14-,15-,16+,17-,20+/m0/s1. The van der Waals surface area contributed by atoms with Crippen LogP contribution in [0.3, 0.4) is 0 Å². The van der Waals surface area contributed by atoms with Gasteiger partial charge in [-0.3, -0.25) is 4.79 Å². The number of carboxylic acids is 1. The van der Waals surface area contributed by atoms with Crippen molar-refractivity contribution in [2.45, 2.75) is 62.6 Å². The van der Waals surface area contributed by atoms with E-state index in [2.05, 4.69) is 5.32 Å². The zero-order valence-corrected chi connectivity index (χ0v) is 16.9. The number of unbranched alkanes of at least 4 members (excludes halogenated alkanes) is 3. The van der Waals surface area contributed by atoms with Gasteiger partial charge in [-0.2, -0.15) is 0 Å². The molecule has 0 aliphatic carbocycles. The molecule has 7 N–H and O–H groups in total. The second-order valence-corrected chi connectivity index (χ2v) is 7.28. The van der Waals surface area contributed by atoms with E-state index < -0.39 is 48.8 Å². The van der Waals surface area contributed by atoms with Crippen LogP contribution in [0, 0.1) is 0 Å². The van der Waals surface area contributed by atoms with Gasteiger partial charge in [0, 0.05) is 6.54 Å². The van der Waals surface area contributed by atoms with Gasteiger partial charge >= 0.3 is 5.97 Å². The monoisotopic (exact) mass is 444 g/mol. The third-order valence-electron chi connectivity index (χ3n) is 4.90. The number of hydrogen-bond donors (Lipinski definition) is 6. The maximum atomic E-state index is 14.4. The van der Waals surface area contributed by atoms with Crippen LogP contribution in [0.15, 0.2) is 24.3 Å². The first-order chi connectivity index (χ1) is 14.8. The Hall–Kier alpha value is -2.31. The number of halogens is 1. The molecule has 10 nitrogen and oxygen atoms in total. The normalized spacial score (nSPS) is 26.8. The summed E-state index contributed by atoms with van der Waals surface area (Å²) in [5.74, 6) is -2.22. The number of benzene rings is 1. The fraction of sp³-hybridized carbons (Fsp3) is 0.600. The van der Waals surface area contributed by atoms with Gasteiger partial charge in [0.1, 0.15) is 24.1 Å². The molecule has 0 spiro atoms. The van der Waals surface area contributed by atoms with Crippen LogP contribution in [-0.2, 0) is 14.3 Å². The Balaban J connectivity index is 1.89. The molecule has 1 unspecified atom stereocenters. The molecular weight excluding hydrogens is 415 g/mol. The van der Waals surface area contributed by atoms with Crippen molar-refractivity contribution in [3.05, 3.63) is 29.8 Å². The van der Waals surface area contributed by atoms with Crippen LogP contribution >= 0.6 is 0 Å². The van der Waals surface area contributed by atoms with E-state index in [1.54, 1.807) is 0 Å². The van der Waals surface area contributed by atoms with E-state index in [0.717, 1.165) is 25.7 Å². The van der Waals surface area contributed by atoms with Crippen LogP contribution in [0.4, 0.5) is 4.39 Å². The Morgan fingerprint density at radius 2 is 1.71 bits per heavy atom. The summed E-state index contributed by atoms with van der Waals surface area (Å²) in [4.78, 5) is 23.1. The van der Waals surface area contributed by atoms with Gasteiger partial charge in [-0.1, -0.05) is 25.0 Å². The van der Waals surface area contributed by atoms with Crippen molar-refractivity contribution >= 4 is 11.9 Å². The minimum atomic E-state index is -1.89. The number of aliphatic carboxylic acids is 1. The first kappa shape index (κ1) is 25.0. The van der Waals surface area contributed by atoms with Crippen LogP contribution in [0.5, 0.6) is 5.75 Å². The van der Waals surface area contributed by atoms with Gasteiger partial charge in [0.2, 0.25) is 12.5 Å². The van der Waals surface area contributed by atoms with E-state index in [0.29, 0.717) is 13.1 Å². The maximum absolute atomic E-state index is 14.4. The number of carboxylic acid groups (broad SMARTS) is 1. The molecule has 0 aromatic heterocycles. The highest BCUT2D eigenvalue weighted by molar-refractivity contribution is 5.82. The Bertz CT molecular complexity index is 720. The molecule has 0 radical (unpaired) electrons. The van der Waals surface area contributed by atoms with Gasteiger partial charge in [-0.15, -0.1) is 0 Å². The molecule has 1 amide bonds. The third kappa shape index (κ3) is 6.84. The molecule has 1 aromatic carbocycles. The number of carbonyl (C=O) groups excluding carboxylic acids is 1. The van der Waals surface area contributed by atoms with Crippen molar-refractivity contribution in [1.82, 2.24) is 5.32 Å². The number of aliphatic hydroxyl groups is 3. The number of nitrogens with two attached hydrogens (primary N) is 1. The van der Waals surface area contributed by atoms with Crippen molar-refractivity contribution in [2.24, 2.45) is 5.73 Å². The number of rotatable bonds is 11. The SMILES string of the molecule is NCCCCCCNC(=O)C(F)c1ccc(O[C@@H]2O[C@H](C(=O)O)[C@@H](O)[C@H](O)[C@H]2O)cc1. The summed E-state index contributed by atoms with van der Waals surface area (Å²) < 4.78 is 24.7. The molecule has 2 rings (SSSR count). The molecule has 1 aromatic rings. The molecule has 11 heteroatoms. The number of alkyl halides is 1. The summed E-state index contributed by atoms with van der Waals surface area (Å²) in [6.07, 6.45) is -7.11. The van der Waals surface area contributed by atoms with Gasteiger partial charge in [-0.25, -0.2) is 9.18 Å². The van der Waals surface area contributed by atoms with Crippen molar-refractivity contribution in [3.63, 3.8) is 0 Å². The highest BCUT2D eigenvalue weighted by Crippen LogP contribution is 2.26. The van der Waals surface area contributed by atoms with Gasteiger partial charge in [0.25, 0.3) is 5.91 Å². The number of ether oxygens (including phenoxy) is 2. The van der Waals surface area contributed by atoms with E-state index in [4.69, 9.17) is 20.3 Å². The van der Waals surface area contributed by atoms with Crippen molar-refractivity contribution < 1.29 is 43.9 Å². The molecule has 1 heterocycles. The van der Waals surface area contributed by atoms with Gasteiger partial charge in [-0.05, 0) is 37.1 Å². The molecule has 1 fully saturated rings. The first-order valence-electron chi connectivity index (χ1n) is 10.1. The summed E-state index contributed by atoms with van der Waals surface area (Å²) in [7, 11) is 0. The lowest BCUT2D eigenvalue weighted by atomic mass is 9.99. The average Bonchev–Trinajstić information content (AvgIpc) is 2.76. The Morgan fingerprint density at radius 1 is 1.06 bits per heavy atom. The minimum absolute atomic E-state index is 0.0769. The summed E-state index contributed by atoms with van der Waals surface area (Å²) in [5, 5.41) is 41.0. The van der Waals surface area contributed by atoms with Gasteiger partial charge in [0.15, 0.2) is 6.10 Å². The second kappa shape index (κ2) is 11.9. The first-order valence-corrected chi connectivity index (χ1v) is 10.1. The lowest BCUT2D eigenvalue weighted by Gasteiger charge is -2.38. The topological polar surface area (TPSA) is 172 Å². The average molecular weight is 444 g/mol. The fourth-order valence-corrected chi connectivity index (χ4v) is 3.07. The predicted molar refractivity (Wildman–Crippen MR) is 106 cm³/mol. The Kier molecular flexibility index (Phi) is 9.59. The van der Waals surface area contributed by atoms with E-state index in [1.165, 1.54) is 24.3 Å². The summed E-state index contributed by atoms with van der Waals surface area (Å²) in [6, 6.07) is 5.22. The van der Waals surface area contributed by atoms with Crippen LogP contribution in [0.25, 0.3) is 0 Å². The number of nitrogens with one attached hydrogen (secondary N) is 1. The van der Waals surface area contributed by atoms with E-state index in [9.17, 15) is 29.3 Å². The molecular formula is C20H29FN2O8. The lowest BCUT2D eigenvalue weighted by Crippen LogP contribution is -2.61. The molecule has 31 heavy (non-hydrogen) atoms. The van der Waals surface area contributed by atoms with Crippen molar-refractivity contribution in [3.8, 4) is 5.75 Å². The molecule has 0 saturated carbocycles. The van der Waals surface area contributed by atoms with Crippen molar-refractivity contribution in [1.29, 1.82) is 0 Å². The van der Waals surface area contributed by atoms with Crippen molar-refractivity contribution in [2.75, 3.05) is 13.1 Å². The second-order valence-electron chi connectivity index (χ2n) is 7.28. The zero-order valence-electron chi connectivity index (χ0n) is 16.9. The highest BCUT2D eigenvalue weighted by Gasteiger charge is 2.48. The molecule has 1 aliphatic heterocycles. The predicted octanol–water partition coefficient (Wildman–Crippen LogP) is -0.396. The molecule has 1 saturated heterocycles. The fourth-order valence-electron chi connectivity index (χ4n) is 3.07. The smallest absolute Gasteiger partial charge is 0.335 e. The Morgan fingerprint density at radius 3 is 2.32 bits per heavy atom. The zero-order chi connectivity index (χ0) is 23.0. The van der Waals surface area contributed by atoms with Crippen LogP contribution in [0.1, 0.15) is 37.4 Å². The quantitative estimate of drug-likeness (QED) is 0.248. The third-order valence-corrected chi connectivity index (χ3v) is 4.90. The molecule has 0 bridgehead atoms. The van der Waals surface area contributed by atoms with Crippen LogP contribution in [-0.4, -0.2) is 76.1 Å². The van der Waals surface area contributed by atoms with Gasteiger partial charge < -0.3 is 41.0 Å². The lowest BCUT2D eigenvalue weighted by molar-refractivity contribution is -0.271. The number of carbonyl (C=O) groups is 2. The summed E-state index contributed by atoms with van der Waals surface area (Å²) in [6.45, 7) is 0.980. The number of aliphatic hydroxyl groups excluding tert-OH is 3. The molecule has 174 valence electrons. The highest BCUT2D eigenvalue weighted by atomic mass is 19.1. The molecule has 1 aliphatic rings.